The van der Waals surface area contributed by atoms with Gasteiger partial charge in [0.25, 0.3) is 5.91 Å². The number of benzene rings is 1. The van der Waals surface area contributed by atoms with Crippen LogP contribution in [0.25, 0.3) is 16.6 Å². The lowest BCUT2D eigenvalue weighted by atomic mass is 10.0. The highest BCUT2D eigenvalue weighted by Crippen LogP contribution is 2.36. The van der Waals surface area contributed by atoms with Crippen LogP contribution in [0.15, 0.2) is 58.1 Å². The second-order valence-corrected chi connectivity index (χ2v) is 17.9. The summed E-state index contributed by atoms with van der Waals surface area (Å²) in [6.07, 6.45) is 5.53. The first-order valence-electron chi connectivity index (χ1n) is 15.1. The van der Waals surface area contributed by atoms with Gasteiger partial charge in [-0.2, -0.15) is 20.4 Å². The van der Waals surface area contributed by atoms with Gasteiger partial charge >= 0.3 is 0 Å². The number of anilines is 1. The van der Waals surface area contributed by atoms with E-state index in [0.717, 1.165) is 40.9 Å². The highest BCUT2D eigenvalue weighted by Gasteiger charge is 2.37. The Morgan fingerprint density at radius 3 is 2.59 bits per heavy atom. The van der Waals surface area contributed by atoms with E-state index in [1.54, 1.807) is 10.7 Å². The van der Waals surface area contributed by atoms with Gasteiger partial charge in [0.15, 0.2) is 14.2 Å². The number of amidine groups is 1. The minimum Gasteiger partial charge on any atom is -0.415 e. The molecule has 0 spiro atoms. The minimum absolute atomic E-state index is 0.155. The first kappa shape index (κ1) is 31.3. The number of nitrogens with two attached hydrogens (primary N) is 1. The third kappa shape index (κ3) is 6.51. The van der Waals surface area contributed by atoms with Crippen molar-refractivity contribution in [3.05, 3.63) is 70.8 Å². The van der Waals surface area contributed by atoms with Gasteiger partial charge < -0.3 is 15.6 Å². The summed E-state index contributed by atoms with van der Waals surface area (Å²) in [7, 11) is -1.84. The summed E-state index contributed by atoms with van der Waals surface area (Å²) >= 11 is 0. The molecular formula is C32H43N9O2Si. The predicted octanol–water partition coefficient (Wildman–Crippen LogP) is 6.63. The van der Waals surface area contributed by atoms with Gasteiger partial charge in [-0.05, 0) is 81.1 Å². The molecule has 11 nitrogen and oxygen atoms in total. The van der Waals surface area contributed by atoms with Crippen molar-refractivity contribution in [2.24, 2.45) is 21.2 Å². The number of hydrogen-bond donors (Lipinski definition) is 2. The summed E-state index contributed by atoms with van der Waals surface area (Å²) in [6.45, 7) is 18.6. The Bertz CT molecular complexity index is 1760. The molecule has 0 unspecified atom stereocenters. The van der Waals surface area contributed by atoms with Crippen molar-refractivity contribution in [3.8, 4) is 11.1 Å². The molecule has 1 aliphatic rings. The highest BCUT2D eigenvalue weighted by molar-refractivity contribution is 6.74. The van der Waals surface area contributed by atoms with E-state index in [4.69, 9.17) is 15.4 Å². The molecule has 0 atom stereocenters. The number of aromatic nitrogens is 4. The fourth-order valence-electron chi connectivity index (χ4n) is 4.82. The summed E-state index contributed by atoms with van der Waals surface area (Å²) in [5.74, 6) is 5.66. The van der Waals surface area contributed by atoms with Crippen molar-refractivity contribution in [2.45, 2.75) is 85.1 Å². The van der Waals surface area contributed by atoms with Gasteiger partial charge in [-0.1, -0.05) is 32.9 Å². The van der Waals surface area contributed by atoms with Crippen LogP contribution in [0.4, 0.5) is 5.69 Å². The molecule has 4 aromatic rings. The average Bonchev–Trinajstić information content (AvgIpc) is 3.62. The van der Waals surface area contributed by atoms with Crippen molar-refractivity contribution in [1.82, 2.24) is 19.4 Å². The van der Waals surface area contributed by atoms with E-state index in [0.29, 0.717) is 41.3 Å². The Hall–Kier alpha value is -4.16. The van der Waals surface area contributed by atoms with Crippen molar-refractivity contribution in [3.63, 3.8) is 0 Å². The molecule has 1 saturated carbocycles. The van der Waals surface area contributed by atoms with Gasteiger partial charge in [0, 0.05) is 28.7 Å². The molecule has 3 heterocycles. The fraction of sp³-hybridized carbons (Fsp3) is 0.438. The molecule has 1 amide bonds. The quantitative estimate of drug-likeness (QED) is 0.0545. The first-order chi connectivity index (χ1) is 20.8. The average molecular weight is 614 g/mol. The van der Waals surface area contributed by atoms with Crippen LogP contribution in [0.3, 0.4) is 0 Å². The van der Waals surface area contributed by atoms with Crippen molar-refractivity contribution >= 4 is 31.3 Å². The highest BCUT2D eigenvalue weighted by atomic mass is 28.4. The monoisotopic (exact) mass is 613 g/mol. The van der Waals surface area contributed by atoms with Crippen LogP contribution in [-0.2, 0) is 11.0 Å². The third-order valence-corrected chi connectivity index (χ3v) is 13.3. The van der Waals surface area contributed by atoms with E-state index in [2.05, 4.69) is 66.5 Å². The molecule has 0 aliphatic heterocycles. The molecule has 0 bridgehead atoms. The molecule has 3 aromatic heterocycles. The smallest absolute Gasteiger partial charge is 0.259 e. The van der Waals surface area contributed by atoms with Crippen LogP contribution < -0.4 is 11.2 Å². The van der Waals surface area contributed by atoms with E-state index in [-0.39, 0.29) is 17.0 Å². The topological polar surface area (TPSA) is 137 Å². The number of nitrogens with zero attached hydrogens (tertiary/aromatic N) is 7. The first-order valence-corrected chi connectivity index (χ1v) is 18.0. The number of amides is 1. The zero-order valence-corrected chi connectivity index (χ0v) is 28.0. The Morgan fingerprint density at radius 2 is 1.91 bits per heavy atom. The van der Waals surface area contributed by atoms with Crippen LogP contribution in [-0.4, -0.2) is 52.1 Å². The van der Waals surface area contributed by atoms with Gasteiger partial charge in [0.2, 0.25) is 0 Å². The summed E-state index contributed by atoms with van der Waals surface area (Å²) < 4.78 is 10.1. The summed E-state index contributed by atoms with van der Waals surface area (Å²) in [5, 5.41) is 24.8. The SMILES string of the molecule is Cc1ccc(/C(N=NC2CC2)=N/N)cc1NC(=O)c1cnn2ccc(-c3c(C)nn(CCO[Si](C)(C)C(C)(C)C)c3C)cc12. The van der Waals surface area contributed by atoms with Gasteiger partial charge in [-0.3, -0.25) is 9.48 Å². The Kier molecular flexibility index (Phi) is 8.59. The lowest BCUT2D eigenvalue weighted by Gasteiger charge is -2.36. The summed E-state index contributed by atoms with van der Waals surface area (Å²) in [4.78, 5) is 13.6. The molecule has 232 valence electrons. The zero-order valence-electron chi connectivity index (χ0n) is 27.0. The molecule has 1 aliphatic carbocycles. The molecule has 12 heteroatoms. The van der Waals surface area contributed by atoms with Crippen molar-refractivity contribution < 1.29 is 9.22 Å². The molecule has 1 aromatic carbocycles. The van der Waals surface area contributed by atoms with E-state index in [1.807, 2.05) is 55.1 Å². The second-order valence-electron chi connectivity index (χ2n) is 13.1. The molecule has 0 radical (unpaired) electrons. The number of nitrogens with one attached hydrogen (secondary N) is 1. The standard InChI is InChI=1S/C32H43N9O2Si/c1-20-9-10-24(30(36-33)38-37-25-11-12-25)17-27(20)35-31(42)26-19-34-41-14-13-23(18-28(26)41)29-21(2)39-40(22(29)3)15-16-43-44(7,8)32(4,5)6/h9-10,13-14,17-19,25H,11-12,15-16,33H2,1-8H3,(H,35,42)/b36-30-,38-37?. The molecule has 5 rings (SSSR count). The molecule has 1 fully saturated rings. The lowest BCUT2D eigenvalue weighted by molar-refractivity contribution is 0.102. The van der Waals surface area contributed by atoms with Crippen LogP contribution in [0.1, 0.15) is 66.5 Å². The number of aryl methyl sites for hydroxylation is 2. The normalized spacial score (nSPS) is 14.6. The van der Waals surface area contributed by atoms with Crippen LogP contribution in [0.2, 0.25) is 18.1 Å². The van der Waals surface area contributed by atoms with Gasteiger partial charge in [0.1, 0.15) is 0 Å². The maximum Gasteiger partial charge on any atom is 0.259 e. The third-order valence-electron chi connectivity index (χ3n) is 8.74. The maximum absolute atomic E-state index is 13.6. The van der Waals surface area contributed by atoms with Gasteiger partial charge in [-0.25, -0.2) is 4.52 Å². The number of azo groups is 1. The Morgan fingerprint density at radius 1 is 1.16 bits per heavy atom. The maximum atomic E-state index is 13.6. The Balaban J connectivity index is 1.37. The van der Waals surface area contributed by atoms with Gasteiger partial charge in [0.05, 0.1) is 42.2 Å². The molecule has 3 N–H and O–H groups in total. The largest absolute Gasteiger partial charge is 0.415 e. The predicted molar refractivity (Wildman–Crippen MR) is 177 cm³/mol. The molecule has 44 heavy (non-hydrogen) atoms. The number of hydrazone groups is 1. The number of hydrogen-bond acceptors (Lipinski definition) is 7. The Labute approximate surface area is 259 Å². The van der Waals surface area contributed by atoms with E-state index >= 15 is 0 Å². The number of fused-ring (bicyclic) bond motifs is 1. The minimum atomic E-state index is -1.84. The van der Waals surface area contributed by atoms with Crippen molar-refractivity contribution in [2.75, 3.05) is 11.9 Å². The number of pyridine rings is 1. The van der Waals surface area contributed by atoms with Crippen LogP contribution in [0, 0.1) is 20.8 Å². The molecule has 0 saturated heterocycles. The van der Waals surface area contributed by atoms with Gasteiger partial charge in [-0.15, -0.1) is 5.11 Å². The second kappa shape index (κ2) is 12.1. The zero-order chi connectivity index (χ0) is 31.8. The lowest BCUT2D eigenvalue weighted by Crippen LogP contribution is -2.41. The van der Waals surface area contributed by atoms with E-state index in [9.17, 15) is 4.79 Å². The van der Waals surface area contributed by atoms with Crippen LogP contribution >= 0.6 is 0 Å². The fourth-order valence-corrected chi connectivity index (χ4v) is 5.85. The van der Waals surface area contributed by atoms with Crippen LogP contribution in [0.5, 0.6) is 0 Å². The number of carbonyl (C=O) groups is 1. The van der Waals surface area contributed by atoms with E-state index < -0.39 is 8.32 Å². The number of carbonyl (C=O) groups excluding carboxylic acids is 1. The van der Waals surface area contributed by atoms with E-state index in [1.165, 1.54) is 0 Å². The number of rotatable bonds is 9. The molecular weight excluding hydrogens is 570 g/mol. The summed E-state index contributed by atoms with van der Waals surface area (Å²) in [5.41, 5.74) is 7.37. The van der Waals surface area contributed by atoms with Crippen molar-refractivity contribution in [1.29, 1.82) is 0 Å². The summed E-state index contributed by atoms with van der Waals surface area (Å²) in [6, 6.07) is 9.84.